The van der Waals surface area contributed by atoms with E-state index in [-0.39, 0.29) is 5.41 Å². The van der Waals surface area contributed by atoms with Crippen LogP contribution in [0.3, 0.4) is 0 Å². The molecule has 0 aliphatic carbocycles. The third-order valence-corrected chi connectivity index (χ3v) is 3.87. The molecule has 0 fully saturated rings. The van der Waals surface area contributed by atoms with Gasteiger partial charge in [0.2, 0.25) is 5.13 Å². The van der Waals surface area contributed by atoms with Gasteiger partial charge in [0, 0.05) is 29.5 Å². The van der Waals surface area contributed by atoms with Crippen molar-refractivity contribution in [3.05, 3.63) is 5.82 Å². The molecule has 19 heavy (non-hydrogen) atoms. The molecule has 0 aliphatic rings. The summed E-state index contributed by atoms with van der Waals surface area (Å²) in [4.78, 5) is 6.91. The highest BCUT2D eigenvalue weighted by molar-refractivity contribution is 7.09. The summed E-state index contributed by atoms with van der Waals surface area (Å²) >= 11 is 1.46. The van der Waals surface area contributed by atoms with Gasteiger partial charge in [0.05, 0.1) is 0 Å². The van der Waals surface area contributed by atoms with Crippen molar-refractivity contribution in [3.63, 3.8) is 0 Å². The van der Waals surface area contributed by atoms with Gasteiger partial charge in [-0.1, -0.05) is 20.8 Å². The Morgan fingerprint density at radius 3 is 2.47 bits per heavy atom. The fraction of sp³-hybridized carbons (Fsp3) is 0.857. The van der Waals surface area contributed by atoms with E-state index in [4.69, 9.17) is 0 Å². The van der Waals surface area contributed by atoms with Gasteiger partial charge in [0.15, 0.2) is 0 Å². The van der Waals surface area contributed by atoms with Crippen LogP contribution in [0.1, 0.15) is 53.3 Å². The van der Waals surface area contributed by atoms with Crippen LogP contribution < -0.4 is 5.32 Å². The van der Waals surface area contributed by atoms with Crippen LogP contribution in [0.2, 0.25) is 0 Å². The van der Waals surface area contributed by atoms with E-state index in [9.17, 15) is 0 Å². The third kappa shape index (κ3) is 5.87. The number of hydrogen-bond donors (Lipinski definition) is 1. The first kappa shape index (κ1) is 16.4. The third-order valence-electron chi connectivity index (χ3n) is 3.19. The Morgan fingerprint density at radius 1 is 1.26 bits per heavy atom. The summed E-state index contributed by atoms with van der Waals surface area (Å²) in [5, 5.41) is 4.31. The van der Waals surface area contributed by atoms with Gasteiger partial charge in [-0.05, 0) is 40.3 Å². The van der Waals surface area contributed by atoms with E-state index in [0.29, 0.717) is 6.04 Å². The molecule has 110 valence electrons. The number of rotatable bonds is 7. The molecule has 0 saturated carbocycles. The zero-order chi connectivity index (χ0) is 14.5. The molecule has 0 bridgehead atoms. The Labute approximate surface area is 121 Å². The van der Waals surface area contributed by atoms with Crippen molar-refractivity contribution >= 4 is 16.7 Å². The van der Waals surface area contributed by atoms with Crippen molar-refractivity contribution in [2.45, 2.75) is 58.9 Å². The molecule has 4 nitrogen and oxygen atoms in total. The van der Waals surface area contributed by atoms with E-state index in [2.05, 4.69) is 61.2 Å². The van der Waals surface area contributed by atoms with Gasteiger partial charge < -0.3 is 10.2 Å². The summed E-state index contributed by atoms with van der Waals surface area (Å²) in [6, 6.07) is 0.630. The van der Waals surface area contributed by atoms with Crippen LogP contribution >= 0.6 is 11.5 Å². The number of nitrogens with one attached hydrogen (secondary N) is 1. The second kappa shape index (κ2) is 7.20. The SMILES string of the molecule is CC(C)N(C)CCCCNc1nc(C(C)(C)C)ns1. The molecule has 0 saturated heterocycles. The standard InChI is InChI=1S/C14H28N4S/c1-11(2)18(6)10-8-7-9-15-13-16-12(17-19-13)14(3,4)5/h11H,7-10H2,1-6H3,(H,15,16,17). The van der Waals surface area contributed by atoms with Crippen LogP contribution in [0.4, 0.5) is 5.13 Å². The van der Waals surface area contributed by atoms with Gasteiger partial charge >= 0.3 is 0 Å². The van der Waals surface area contributed by atoms with E-state index < -0.39 is 0 Å². The zero-order valence-electron chi connectivity index (χ0n) is 13.2. The molecular weight excluding hydrogens is 256 g/mol. The molecule has 0 unspecified atom stereocenters. The fourth-order valence-corrected chi connectivity index (χ4v) is 2.32. The zero-order valence-corrected chi connectivity index (χ0v) is 14.0. The number of anilines is 1. The lowest BCUT2D eigenvalue weighted by molar-refractivity contribution is 0.269. The highest BCUT2D eigenvalue weighted by Crippen LogP contribution is 2.22. The summed E-state index contributed by atoms with van der Waals surface area (Å²) in [6.45, 7) is 13.0. The number of nitrogens with zero attached hydrogens (tertiary/aromatic N) is 3. The van der Waals surface area contributed by atoms with Gasteiger partial charge in [0.25, 0.3) is 0 Å². The van der Waals surface area contributed by atoms with Gasteiger partial charge in [-0.3, -0.25) is 0 Å². The van der Waals surface area contributed by atoms with E-state index in [1.807, 2.05) is 0 Å². The fourth-order valence-electron chi connectivity index (χ4n) is 1.54. The average Bonchev–Trinajstić information content (AvgIpc) is 2.76. The van der Waals surface area contributed by atoms with E-state index in [1.165, 1.54) is 24.4 Å². The molecule has 1 heterocycles. The summed E-state index contributed by atoms with van der Waals surface area (Å²) in [6.07, 6.45) is 2.38. The minimum atomic E-state index is 0.0381. The topological polar surface area (TPSA) is 41.0 Å². The van der Waals surface area contributed by atoms with Crippen molar-refractivity contribution in [1.29, 1.82) is 0 Å². The molecule has 5 heteroatoms. The van der Waals surface area contributed by atoms with E-state index in [0.717, 1.165) is 24.0 Å². The Kier molecular flexibility index (Phi) is 6.20. The molecular formula is C14H28N4S. The van der Waals surface area contributed by atoms with Crippen LogP contribution in [0.25, 0.3) is 0 Å². The smallest absolute Gasteiger partial charge is 0.202 e. The Balaban J connectivity index is 2.21. The molecule has 0 aromatic carbocycles. The number of aromatic nitrogens is 2. The number of hydrogen-bond acceptors (Lipinski definition) is 5. The van der Waals surface area contributed by atoms with Gasteiger partial charge in [-0.25, -0.2) is 4.98 Å². The summed E-state index contributed by atoms with van der Waals surface area (Å²) < 4.78 is 4.40. The maximum Gasteiger partial charge on any atom is 0.202 e. The Morgan fingerprint density at radius 2 is 1.95 bits per heavy atom. The largest absolute Gasteiger partial charge is 0.360 e. The van der Waals surface area contributed by atoms with Gasteiger partial charge in [-0.15, -0.1) is 0 Å². The van der Waals surface area contributed by atoms with Crippen LogP contribution in [0, 0.1) is 0 Å². The normalized spacial score (nSPS) is 12.4. The van der Waals surface area contributed by atoms with Crippen molar-refractivity contribution in [2.24, 2.45) is 0 Å². The number of unbranched alkanes of at least 4 members (excludes halogenated alkanes) is 1. The highest BCUT2D eigenvalue weighted by atomic mass is 32.1. The van der Waals surface area contributed by atoms with Gasteiger partial charge in [-0.2, -0.15) is 4.37 Å². The minimum absolute atomic E-state index is 0.0381. The van der Waals surface area contributed by atoms with E-state index in [1.54, 1.807) is 0 Å². The minimum Gasteiger partial charge on any atom is -0.360 e. The van der Waals surface area contributed by atoms with Crippen LogP contribution in [-0.2, 0) is 5.41 Å². The van der Waals surface area contributed by atoms with Crippen molar-refractivity contribution < 1.29 is 0 Å². The molecule has 1 aromatic rings. The lowest BCUT2D eigenvalue weighted by Crippen LogP contribution is -2.27. The lowest BCUT2D eigenvalue weighted by atomic mass is 9.96. The molecule has 0 aliphatic heterocycles. The first-order valence-electron chi connectivity index (χ1n) is 7.09. The second-order valence-electron chi connectivity index (χ2n) is 6.38. The van der Waals surface area contributed by atoms with Crippen LogP contribution in [0.5, 0.6) is 0 Å². The Bertz CT molecular complexity index is 368. The summed E-state index contributed by atoms with van der Waals surface area (Å²) in [5.74, 6) is 0.930. The van der Waals surface area contributed by atoms with Crippen molar-refractivity contribution in [3.8, 4) is 0 Å². The molecule has 1 aromatic heterocycles. The molecule has 0 radical (unpaired) electrons. The maximum absolute atomic E-state index is 4.53. The second-order valence-corrected chi connectivity index (χ2v) is 7.13. The van der Waals surface area contributed by atoms with Gasteiger partial charge in [0.1, 0.15) is 5.82 Å². The molecule has 0 spiro atoms. The maximum atomic E-state index is 4.53. The first-order valence-corrected chi connectivity index (χ1v) is 7.86. The van der Waals surface area contributed by atoms with Crippen molar-refractivity contribution in [2.75, 3.05) is 25.5 Å². The Hall–Kier alpha value is -0.680. The average molecular weight is 284 g/mol. The van der Waals surface area contributed by atoms with Crippen LogP contribution in [-0.4, -0.2) is 40.4 Å². The molecule has 0 amide bonds. The monoisotopic (exact) mass is 284 g/mol. The molecule has 1 rings (SSSR count). The summed E-state index contributed by atoms with van der Waals surface area (Å²) in [7, 11) is 2.18. The quantitative estimate of drug-likeness (QED) is 0.779. The first-order chi connectivity index (χ1) is 8.80. The highest BCUT2D eigenvalue weighted by Gasteiger charge is 2.19. The summed E-state index contributed by atoms with van der Waals surface area (Å²) in [5.41, 5.74) is 0.0381. The van der Waals surface area contributed by atoms with E-state index >= 15 is 0 Å². The predicted molar refractivity (Wildman–Crippen MR) is 84.1 cm³/mol. The van der Waals surface area contributed by atoms with Crippen molar-refractivity contribution in [1.82, 2.24) is 14.3 Å². The predicted octanol–water partition coefficient (Wildman–Crippen LogP) is 3.37. The lowest BCUT2D eigenvalue weighted by Gasteiger charge is -2.20. The molecule has 0 atom stereocenters. The van der Waals surface area contributed by atoms with Crippen LogP contribution in [0.15, 0.2) is 0 Å². The molecule has 1 N–H and O–H groups in total.